The Morgan fingerprint density at radius 3 is 2.57 bits per heavy atom. The lowest BCUT2D eigenvalue weighted by atomic mass is 10.0. The second-order valence-electron chi connectivity index (χ2n) is 7.78. The van der Waals surface area contributed by atoms with Crippen LogP contribution in [0.15, 0.2) is 24.3 Å². The fraction of sp³-hybridized carbons (Fsp3) is 0.550. The summed E-state index contributed by atoms with van der Waals surface area (Å²) in [6, 6.07) is 6.45. The smallest absolute Gasteiger partial charge is 0.334 e. The van der Waals surface area contributed by atoms with Gasteiger partial charge in [-0.05, 0) is 45.4 Å². The molecule has 0 radical (unpaired) electrons. The summed E-state index contributed by atoms with van der Waals surface area (Å²) in [7, 11) is 0. The Kier molecular flexibility index (Phi) is 4.97. The fourth-order valence-electron chi connectivity index (χ4n) is 4.12. The quantitative estimate of drug-likeness (QED) is 0.575. The van der Waals surface area contributed by atoms with Crippen LogP contribution in [0.1, 0.15) is 26.7 Å². The molecule has 8 heteroatoms. The molecule has 2 atom stereocenters. The van der Waals surface area contributed by atoms with Gasteiger partial charge in [0.15, 0.2) is 11.5 Å². The third kappa shape index (κ3) is 3.32. The molecule has 8 nitrogen and oxygen atoms in total. The molecular formula is C20H25N3O5. The summed E-state index contributed by atoms with van der Waals surface area (Å²) in [5, 5.41) is 0. The minimum Gasteiger partial charge on any atom is -0.486 e. The number of imide groups is 2. The number of rotatable bonds is 4. The van der Waals surface area contributed by atoms with Gasteiger partial charge in [0.05, 0.1) is 6.04 Å². The number of urea groups is 1. The van der Waals surface area contributed by atoms with Crippen molar-refractivity contribution in [3.05, 3.63) is 24.3 Å². The van der Waals surface area contributed by atoms with Crippen LogP contribution < -0.4 is 9.47 Å². The predicted molar refractivity (Wildman–Crippen MR) is 100 cm³/mol. The molecule has 4 amide bonds. The van der Waals surface area contributed by atoms with Crippen molar-refractivity contribution in [1.82, 2.24) is 14.7 Å². The van der Waals surface area contributed by atoms with E-state index >= 15 is 0 Å². The molecule has 3 aliphatic heterocycles. The Morgan fingerprint density at radius 1 is 1.11 bits per heavy atom. The molecule has 4 rings (SSSR count). The third-order valence-corrected chi connectivity index (χ3v) is 5.42. The Morgan fingerprint density at radius 2 is 1.86 bits per heavy atom. The minimum absolute atomic E-state index is 0.118. The summed E-state index contributed by atoms with van der Waals surface area (Å²) in [5.41, 5.74) is 0. The van der Waals surface area contributed by atoms with E-state index in [1.54, 1.807) is 13.8 Å². The van der Waals surface area contributed by atoms with Gasteiger partial charge in [0.25, 0.3) is 0 Å². The molecule has 2 fully saturated rings. The van der Waals surface area contributed by atoms with Gasteiger partial charge in [0.1, 0.15) is 12.7 Å². The van der Waals surface area contributed by atoms with Gasteiger partial charge in [-0.2, -0.15) is 0 Å². The van der Waals surface area contributed by atoms with Gasteiger partial charge in [-0.25, -0.2) is 4.79 Å². The van der Waals surface area contributed by atoms with Crippen LogP contribution in [0, 0.1) is 0 Å². The van der Waals surface area contributed by atoms with E-state index in [1.807, 2.05) is 24.3 Å². The number of carbonyl (C=O) groups is 3. The highest BCUT2D eigenvalue weighted by atomic mass is 16.6. The zero-order chi connectivity index (χ0) is 19.8. The molecule has 3 aliphatic rings. The first-order valence-electron chi connectivity index (χ1n) is 9.77. The first-order chi connectivity index (χ1) is 13.5. The van der Waals surface area contributed by atoms with E-state index in [0.717, 1.165) is 34.3 Å². The van der Waals surface area contributed by atoms with Crippen LogP contribution in [0.5, 0.6) is 11.5 Å². The number of hydrogen-bond acceptors (Lipinski definition) is 6. The van der Waals surface area contributed by atoms with Crippen molar-refractivity contribution < 1.29 is 23.9 Å². The summed E-state index contributed by atoms with van der Waals surface area (Å²) >= 11 is 0. The molecule has 1 aromatic rings. The zero-order valence-corrected chi connectivity index (χ0v) is 16.2. The lowest BCUT2D eigenvalue weighted by Crippen LogP contribution is -2.53. The number of fused-ring (bicyclic) bond motifs is 1. The Hall–Kier alpha value is -2.61. The Bertz CT molecular complexity index is 796. The molecule has 0 aliphatic carbocycles. The summed E-state index contributed by atoms with van der Waals surface area (Å²) in [4.78, 5) is 41.6. The van der Waals surface area contributed by atoms with E-state index in [2.05, 4.69) is 4.90 Å². The number of hydrogen-bond donors (Lipinski definition) is 0. The van der Waals surface area contributed by atoms with Crippen molar-refractivity contribution in [3.63, 3.8) is 0 Å². The van der Waals surface area contributed by atoms with Gasteiger partial charge < -0.3 is 9.47 Å². The van der Waals surface area contributed by atoms with Crippen LogP contribution >= 0.6 is 0 Å². The van der Waals surface area contributed by atoms with E-state index in [0.29, 0.717) is 26.1 Å². The lowest BCUT2D eigenvalue weighted by molar-refractivity contribution is -0.144. The number of amides is 4. The first kappa shape index (κ1) is 18.7. The zero-order valence-electron chi connectivity index (χ0n) is 16.2. The normalized spacial score (nSPS) is 25.8. The van der Waals surface area contributed by atoms with Crippen LogP contribution in [0.3, 0.4) is 0 Å². The number of para-hydroxylation sites is 2. The van der Waals surface area contributed by atoms with E-state index in [1.165, 1.54) is 0 Å². The topological polar surface area (TPSA) is 79.4 Å². The van der Waals surface area contributed by atoms with Crippen molar-refractivity contribution in [3.8, 4) is 11.5 Å². The molecule has 0 aromatic heterocycles. The van der Waals surface area contributed by atoms with Crippen molar-refractivity contribution in [1.29, 1.82) is 0 Å². The minimum atomic E-state index is -0.724. The molecule has 3 heterocycles. The highest BCUT2D eigenvalue weighted by molar-refractivity contribution is 6.44. The maximum absolute atomic E-state index is 12.6. The molecule has 2 saturated heterocycles. The molecule has 2 unspecified atom stereocenters. The van der Waals surface area contributed by atoms with Crippen molar-refractivity contribution in [2.24, 2.45) is 0 Å². The van der Waals surface area contributed by atoms with Crippen molar-refractivity contribution in [2.75, 3.05) is 26.2 Å². The van der Waals surface area contributed by atoms with Crippen LogP contribution in [0.2, 0.25) is 0 Å². The van der Waals surface area contributed by atoms with E-state index < -0.39 is 17.8 Å². The summed E-state index contributed by atoms with van der Waals surface area (Å²) in [6.45, 7) is 5.96. The molecule has 150 valence electrons. The SMILES string of the molecule is CC(C)N1C(=O)C(=O)N(C2CCCN(CC3COc4ccccc4O3)C2)C1=O. The highest BCUT2D eigenvalue weighted by Gasteiger charge is 2.49. The number of nitrogens with zero attached hydrogens (tertiary/aromatic N) is 3. The highest BCUT2D eigenvalue weighted by Crippen LogP contribution is 2.31. The van der Waals surface area contributed by atoms with Crippen LogP contribution in [-0.4, -0.2) is 77.0 Å². The largest absolute Gasteiger partial charge is 0.486 e. The molecule has 1 aromatic carbocycles. The van der Waals surface area contributed by atoms with Crippen LogP contribution in [0.4, 0.5) is 4.79 Å². The Labute approximate surface area is 164 Å². The van der Waals surface area contributed by atoms with Gasteiger partial charge in [0, 0.05) is 19.1 Å². The van der Waals surface area contributed by atoms with Crippen molar-refractivity contribution >= 4 is 17.8 Å². The van der Waals surface area contributed by atoms with Gasteiger partial charge >= 0.3 is 17.8 Å². The summed E-state index contributed by atoms with van der Waals surface area (Å²) < 4.78 is 11.8. The van der Waals surface area contributed by atoms with Gasteiger partial charge in [-0.3, -0.25) is 24.3 Å². The summed E-state index contributed by atoms with van der Waals surface area (Å²) in [6.07, 6.45) is 1.44. The van der Waals surface area contributed by atoms with Crippen LogP contribution in [-0.2, 0) is 9.59 Å². The van der Waals surface area contributed by atoms with Crippen LogP contribution in [0.25, 0.3) is 0 Å². The second kappa shape index (κ2) is 7.43. The molecule has 0 spiro atoms. The maximum Gasteiger partial charge on any atom is 0.334 e. The standard InChI is InChI=1S/C20H25N3O5/c1-13(2)22-18(24)19(25)23(20(22)26)14-6-5-9-21(10-14)11-15-12-27-16-7-3-4-8-17(16)28-15/h3-4,7-8,13-15H,5-6,9-12H2,1-2H3. The van der Waals surface area contributed by atoms with Crippen molar-refractivity contribution in [2.45, 2.75) is 44.9 Å². The monoisotopic (exact) mass is 387 g/mol. The molecule has 0 bridgehead atoms. The van der Waals surface area contributed by atoms with Gasteiger partial charge in [0.2, 0.25) is 0 Å². The van der Waals surface area contributed by atoms with E-state index in [9.17, 15) is 14.4 Å². The number of benzene rings is 1. The molecule has 28 heavy (non-hydrogen) atoms. The van der Waals surface area contributed by atoms with Gasteiger partial charge in [-0.1, -0.05) is 12.1 Å². The number of ether oxygens (including phenoxy) is 2. The van der Waals surface area contributed by atoms with E-state index in [4.69, 9.17) is 9.47 Å². The average Bonchev–Trinajstić information content (AvgIpc) is 2.90. The lowest BCUT2D eigenvalue weighted by Gasteiger charge is -2.38. The number of carbonyl (C=O) groups excluding carboxylic acids is 3. The van der Waals surface area contributed by atoms with Gasteiger partial charge in [-0.15, -0.1) is 0 Å². The maximum atomic E-state index is 12.6. The molecule has 0 saturated carbocycles. The second-order valence-corrected chi connectivity index (χ2v) is 7.78. The third-order valence-electron chi connectivity index (χ3n) is 5.42. The average molecular weight is 387 g/mol. The fourth-order valence-corrected chi connectivity index (χ4v) is 4.12. The molecule has 0 N–H and O–H groups in total. The Balaban J connectivity index is 1.41. The number of piperidine rings is 1. The predicted octanol–water partition coefficient (Wildman–Crippen LogP) is 1.49. The number of likely N-dealkylation sites (tertiary alicyclic amines) is 1. The first-order valence-corrected chi connectivity index (χ1v) is 9.77. The molecular weight excluding hydrogens is 362 g/mol. The summed E-state index contributed by atoms with van der Waals surface area (Å²) in [5.74, 6) is 0.0423. The van der Waals surface area contributed by atoms with E-state index in [-0.39, 0.29) is 18.2 Å².